The number of rotatable bonds is 8. The van der Waals surface area contributed by atoms with Crippen molar-refractivity contribution in [1.82, 2.24) is 20.1 Å². The normalized spacial score (nSPS) is 15.1. The standard InChI is InChI=1S/C26H28N6O4/c33-25(26(34)29-22-8-10-23(11-9-22)32(35)36)28-18-24(21-7-4-12-27-17-21)31-15-13-30(14-16-31)19-20-5-2-1-3-6-20/h1-12,17,24H,13-16,18-19H2,(H,28,33)(H,29,34)/t24-/m1/s1. The fourth-order valence-corrected chi connectivity index (χ4v) is 4.23. The summed E-state index contributed by atoms with van der Waals surface area (Å²) in [6, 6.07) is 19.4. The highest BCUT2D eigenvalue weighted by Gasteiger charge is 2.26. The van der Waals surface area contributed by atoms with Crippen LogP contribution in [0.3, 0.4) is 0 Å². The Morgan fingerprint density at radius 3 is 2.31 bits per heavy atom. The Kier molecular flexibility index (Phi) is 8.32. The number of hydrogen-bond donors (Lipinski definition) is 2. The van der Waals surface area contributed by atoms with Gasteiger partial charge in [0.25, 0.3) is 5.69 Å². The van der Waals surface area contributed by atoms with Crippen LogP contribution in [-0.4, -0.2) is 64.2 Å². The molecule has 2 heterocycles. The number of benzene rings is 2. The van der Waals surface area contributed by atoms with E-state index < -0.39 is 16.7 Å². The minimum atomic E-state index is -0.832. The summed E-state index contributed by atoms with van der Waals surface area (Å²) in [6.45, 7) is 4.55. The van der Waals surface area contributed by atoms with Gasteiger partial charge in [0.15, 0.2) is 0 Å². The largest absolute Gasteiger partial charge is 0.346 e. The Bertz CT molecular complexity index is 1170. The zero-order chi connectivity index (χ0) is 25.3. The van der Waals surface area contributed by atoms with Gasteiger partial charge in [0, 0.05) is 69.5 Å². The summed E-state index contributed by atoms with van der Waals surface area (Å²) in [5.74, 6) is -1.61. The van der Waals surface area contributed by atoms with Crippen LogP contribution in [0.15, 0.2) is 79.1 Å². The first-order valence-electron chi connectivity index (χ1n) is 11.7. The van der Waals surface area contributed by atoms with E-state index in [0.29, 0.717) is 5.69 Å². The first-order chi connectivity index (χ1) is 17.5. The number of piperazine rings is 1. The van der Waals surface area contributed by atoms with E-state index in [1.165, 1.54) is 29.8 Å². The van der Waals surface area contributed by atoms with Crippen LogP contribution in [0.25, 0.3) is 0 Å². The molecule has 0 spiro atoms. The van der Waals surface area contributed by atoms with Gasteiger partial charge in [0.2, 0.25) is 0 Å². The molecule has 10 nitrogen and oxygen atoms in total. The number of anilines is 1. The van der Waals surface area contributed by atoms with Crippen molar-refractivity contribution in [3.63, 3.8) is 0 Å². The number of amides is 2. The molecule has 2 aromatic carbocycles. The molecule has 0 saturated carbocycles. The average Bonchev–Trinajstić information content (AvgIpc) is 2.91. The molecule has 1 atom stereocenters. The van der Waals surface area contributed by atoms with Gasteiger partial charge >= 0.3 is 11.8 Å². The molecule has 0 bridgehead atoms. The predicted molar refractivity (Wildman–Crippen MR) is 135 cm³/mol. The van der Waals surface area contributed by atoms with Gasteiger partial charge in [-0.25, -0.2) is 0 Å². The van der Waals surface area contributed by atoms with Crippen molar-refractivity contribution in [1.29, 1.82) is 0 Å². The smallest absolute Gasteiger partial charge is 0.313 e. The molecule has 10 heteroatoms. The minimum absolute atomic E-state index is 0.0966. The van der Waals surface area contributed by atoms with Crippen LogP contribution in [0.5, 0.6) is 0 Å². The fraction of sp³-hybridized carbons (Fsp3) is 0.269. The van der Waals surface area contributed by atoms with Crippen molar-refractivity contribution >= 4 is 23.2 Å². The monoisotopic (exact) mass is 488 g/mol. The summed E-state index contributed by atoms with van der Waals surface area (Å²) in [6.07, 6.45) is 3.48. The summed E-state index contributed by atoms with van der Waals surface area (Å²) in [5.41, 5.74) is 2.45. The Balaban J connectivity index is 1.34. The van der Waals surface area contributed by atoms with Gasteiger partial charge < -0.3 is 10.6 Å². The van der Waals surface area contributed by atoms with Gasteiger partial charge in [-0.3, -0.25) is 34.5 Å². The fourth-order valence-electron chi connectivity index (χ4n) is 4.23. The summed E-state index contributed by atoms with van der Waals surface area (Å²) in [4.78, 5) is 44.1. The molecule has 0 radical (unpaired) electrons. The molecule has 0 aliphatic carbocycles. The van der Waals surface area contributed by atoms with Crippen LogP contribution < -0.4 is 10.6 Å². The SMILES string of the molecule is O=C(NC[C@H](c1cccnc1)N1CCN(Cc2ccccc2)CC1)C(=O)Nc1ccc([N+](=O)[O-])cc1. The quantitative estimate of drug-likeness (QED) is 0.284. The number of carbonyl (C=O) groups excluding carboxylic acids is 2. The van der Waals surface area contributed by atoms with Gasteiger partial charge in [-0.2, -0.15) is 0 Å². The number of nitrogens with zero attached hydrogens (tertiary/aromatic N) is 4. The number of nitro groups is 1. The molecule has 2 amide bonds. The number of carbonyl (C=O) groups is 2. The maximum Gasteiger partial charge on any atom is 0.313 e. The molecule has 1 aromatic heterocycles. The zero-order valence-corrected chi connectivity index (χ0v) is 19.7. The maximum absolute atomic E-state index is 12.5. The van der Waals surface area contributed by atoms with Crippen molar-refractivity contribution in [2.24, 2.45) is 0 Å². The average molecular weight is 489 g/mol. The summed E-state index contributed by atoms with van der Waals surface area (Å²) < 4.78 is 0. The van der Waals surface area contributed by atoms with Crippen molar-refractivity contribution in [2.75, 3.05) is 38.0 Å². The molecule has 1 aliphatic rings. The minimum Gasteiger partial charge on any atom is -0.346 e. The predicted octanol–water partition coefficient (Wildman–Crippen LogP) is 2.60. The lowest BCUT2D eigenvalue weighted by molar-refractivity contribution is -0.384. The Morgan fingerprint density at radius 1 is 0.944 bits per heavy atom. The third-order valence-electron chi connectivity index (χ3n) is 6.16. The molecule has 1 fully saturated rings. The maximum atomic E-state index is 12.5. The van der Waals surface area contributed by atoms with Crippen LogP contribution >= 0.6 is 0 Å². The molecule has 36 heavy (non-hydrogen) atoms. The van der Waals surface area contributed by atoms with E-state index in [4.69, 9.17) is 0 Å². The Morgan fingerprint density at radius 2 is 1.67 bits per heavy atom. The summed E-state index contributed by atoms with van der Waals surface area (Å²) in [5, 5.41) is 16.0. The highest BCUT2D eigenvalue weighted by molar-refractivity contribution is 6.39. The van der Waals surface area contributed by atoms with E-state index in [0.717, 1.165) is 38.3 Å². The molecule has 1 saturated heterocycles. The Hall–Kier alpha value is -4.15. The molecule has 0 unspecified atom stereocenters. The first-order valence-corrected chi connectivity index (χ1v) is 11.7. The van der Waals surface area contributed by atoms with Crippen LogP contribution in [0, 0.1) is 10.1 Å². The van der Waals surface area contributed by atoms with Gasteiger partial charge in [-0.05, 0) is 29.3 Å². The number of aromatic nitrogens is 1. The number of hydrogen-bond acceptors (Lipinski definition) is 7. The van der Waals surface area contributed by atoms with Crippen molar-refractivity contribution in [3.05, 3.63) is 100 Å². The van der Waals surface area contributed by atoms with E-state index in [1.54, 1.807) is 12.4 Å². The molecule has 186 valence electrons. The van der Waals surface area contributed by atoms with Crippen LogP contribution in [0.4, 0.5) is 11.4 Å². The van der Waals surface area contributed by atoms with Crippen molar-refractivity contribution in [2.45, 2.75) is 12.6 Å². The third-order valence-corrected chi connectivity index (χ3v) is 6.16. The molecular formula is C26H28N6O4. The van der Waals surface area contributed by atoms with Crippen LogP contribution in [0.2, 0.25) is 0 Å². The van der Waals surface area contributed by atoms with Crippen LogP contribution in [-0.2, 0) is 16.1 Å². The highest BCUT2D eigenvalue weighted by atomic mass is 16.6. The van der Waals surface area contributed by atoms with E-state index in [9.17, 15) is 19.7 Å². The Labute approximate surface area is 209 Å². The number of pyridine rings is 1. The van der Waals surface area contributed by atoms with Crippen LogP contribution in [0.1, 0.15) is 17.2 Å². The molecule has 1 aliphatic heterocycles. The zero-order valence-electron chi connectivity index (χ0n) is 19.7. The van der Waals surface area contributed by atoms with Gasteiger partial charge in [0.05, 0.1) is 11.0 Å². The molecular weight excluding hydrogens is 460 g/mol. The van der Waals surface area contributed by atoms with E-state index in [1.807, 2.05) is 30.3 Å². The third kappa shape index (κ3) is 6.71. The lowest BCUT2D eigenvalue weighted by Gasteiger charge is -2.39. The van der Waals surface area contributed by atoms with Gasteiger partial charge in [0.1, 0.15) is 0 Å². The number of non-ortho nitro benzene ring substituents is 1. The molecule has 3 aromatic rings. The second-order valence-corrected chi connectivity index (χ2v) is 8.57. The van der Waals surface area contributed by atoms with Gasteiger partial charge in [-0.1, -0.05) is 36.4 Å². The topological polar surface area (TPSA) is 121 Å². The van der Waals surface area contributed by atoms with Crippen molar-refractivity contribution in [3.8, 4) is 0 Å². The second-order valence-electron chi connectivity index (χ2n) is 8.57. The summed E-state index contributed by atoms with van der Waals surface area (Å²) >= 11 is 0. The highest BCUT2D eigenvalue weighted by Crippen LogP contribution is 2.22. The lowest BCUT2D eigenvalue weighted by Crippen LogP contribution is -2.50. The molecule has 4 rings (SSSR count). The van der Waals surface area contributed by atoms with Gasteiger partial charge in [-0.15, -0.1) is 0 Å². The number of nitrogens with one attached hydrogen (secondary N) is 2. The van der Waals surface area contributed by atoms with E-state index >= 15 is 0 Å². The summed E-state index contributed by atoms with van der Waals surface area (Å²) in [7, 11) is 0. The number of nitro benzene ring substituents is 1. The molecule has 2 N–H and O–H groups in total. The second kappa shape index (κ2) is 12.0. The first kappa shape index (κ1) is 25.0. The lowest BCUT2D eigenvalue weighted by atomic mass is 10.1. The van der Waals surface area contributed by atoms with E-state index in [2.05, 4.69) is 37.6 Å². The van der Waals surface area contributed by atoms with Crippen molar-refractivity contribution < 1.29 is 14.5 Å². The van der Waals surface area contributed by atoms with E-state index in [-0.39, 0.29) is 18.3 Å².